The Labute approximate surface area is 138 Å². The third kappa shape index (κ3) is 2.69. The van der Waals surface area contributed by atoms with Crippen molar-refractivity contribution in [2.45, 2.75) is 25.0 Å². The Balaban J connectivity index is 2.07. The van der Waals surface area contributed by atoms with E-state index in [0.29, 0.717) is 24.8 Å². The number of carbonyl (C=O) groups is 1. The predicted octanol–water partition coefficient (Wildman–Crippen LogP) is 1.58. The van der Waals surface area contributed by atoms with Gasteiger partial charge in [0.05, 0.1) is 5.69 Å². The Bertz CT molecular complexity index is 761. The molecule has 1 saturated heterocycles. The molecule has 3 heterocycles. The molecule has 124 valence electrons. The van der Waals surface area contributed by atoms with E-state index >= 15 is 0 Å². The van der Waals surface area contributed by atoms with Crippen LogP contribution in [0.4, 0.5) is 10.6 Å². The molecule has 8 nitrogen and oxygen atoms in total. The highest BCUT2D eigenvalue weighted by Crippen LogP contribution is 2.30. The maximum atomic E-state index is 11.2. The maximum Gasteiger partial charge on any atom is 0.407 e. The van der Waals surface area contributed by atoms with Crippen molar-refractivity contribution in [3.63, 3.8) is 0 Å². The second-order valence-corrected chi connectivity index (χ2v) is 6.48. The normalized spacial score (nSPS) is 18.7. The topological polar surface area (TPSA) is 87.4 Å². The van der Waals surface area contributed by atoms with Crippen molar-refractivity contribution in [1.82, 2.24) is 24.6 Å². The molecular weight excluding hydrogens is 316 g/mol. The summed E-state index contributed by atoms with van der Waals surface area (Å²) in [4.78, 5) is 24.0. The fourth-order valence-corrected chi connectivity index (χ4v) is 3.39. The first-order valence-electron chi connectivity index (χ1n) is 7.42. The van der Waals surface area contributed by atoms with E-state index in [1.807, 2.05) is 27.2 Å². The quantitative estimate of drug-likeness (QED) is 0.658. The van der Waals surface area contributed by atoms with Gasteiger partial charge in [-0.2, -0.15) is 5.10 Å². The second-order valence-electron chi connectivity index (χ2n) is 5.71. The number of aromatic nitrogens is 4. The number of carboxylic acid groups (broad SMARTS) is 1. The van der Waals surface area contributed by atoms with Crippen molar-refractivity contribution in [2.24, 2.45) is 7.05 Å². The molecule has 2 aromatic rings. The van der Waals surface area contributed by atoms with Crippen molar-refractivity contribution in [3.05, 3.63) is 5.69 Å². The molecule has 23 heavy (non-hydrogen) atoms. The van der Waals surface area contributed by atoms with Crippen LogP contribution in [-0.2, 0) is 7.05 Å². The molecule has 0 radical (unpaired) electrons. The first-order chi connectivity index (χ1) is 10.9. The number of hydrogen-bond donors (Lipinski definition) is 1. The van der Waals surface area contributed by atoms with Crippen LogP contribution in [0.15, 0.2) is 5.16 Å². The third-order valence-corrected chi connectivity index (χ3v) is 4.71. The van der Waals surface area contributed by atoms with Gasteiger partial charge in [0.15, 0.2) is 11.0 Å². The lowest BCUT2D eigenvalue weighted by Crippen LogP contribution is -2.53. The molecule has 1 fully saturated rings. The van der Waals surface area contributed by atoms with E-state index in [0.717, 1.165) is 22.5 Å². The van der Waals surface area contributed by atoms with Crippen molar-refractivity contribution in [2.75, 3.05) is 30.8 Å². The van der Waals surface area contributed by atoms with Gasteiger partial charge in [0, 0.05) is 32.7 Å². The zero-order valence-electron chi connectivity index (χ0n) is 13.6. The summed E-state index contributed by atoms with van der Waals surface area (Å²) in [5, 5.41) is 14.3. The number of piperazine rings is 1. The van der Waals surface area contributed by atoms with Crippen LogP contribution in [0.3, 0.4) is 0 Å². The molecule has 1 atom stereocenters. The maximum absolute atomic E-state index is 11.2. The molecule has 1 aliphatic rings. The molecule has 1 amide bonds. The zero-order chi connectivity index (χ0) is 16.7. The van der Waals surface area contributed by atoms with Gasteiger partial charge in [-0.05, 0) is 20.1 Å². The van der Waals surface area contributed by atoms with Crippen molar-refractivity contribution < 1.29 is 9.90 Å². The number of hydrogen-bond acceptors (Lipinski definition) is 6. The molecule has 1 N–H and O–H groups in total. The van der Waals surface area contributed by atoms with Crippen LogP contribution in [-0.4, -0.2) is 67.8 Å². The predicted molar refractivity (Wildman–Crippen MR) is 89.2 cm³/mol. The van der Waals surface area contributed by atoms with Crippen molar-refractivity contribution >= 4 is 34.7 Å². The third-order valence-electron chi connectivity index (χ3n) is 4.16. The molecule has 3 rings (SSSR count). The summed E-state index contributed by atoms with van der Waals surface area (Å²) in [6.45, 7) is 5.50. The lowest BCUT2D eigenvalue weighted by Gasteiger charge is -2.39. The van der Waals surface area contributed by atoms with Crippen LogP contribution in [0.2, 0.25) is 0 Å². The molecule has 2 aromatic heterocycles. The number of aryl methyl sites for hydroxylation is 2. The van der Waals surface area contributed by atoms with Gasteiger partial charge in [-0.3, -0.25) is 4.68 Å². The van der Waals surface area contributed by atoms with E-state index in [9.17, 15) is 9.90 Å². The Morgan fingerprint density at radius 1 is 1.35 bits per heavy atom. The van der Waals surface area contributed by atoms with Gasteiger partial charge in [-0.1, -0.05) is 11.8 Å². The summed E-state index contributed by atoms with van der Waals surface area (Å²) >= 11 is 1.50. The van der Waals surface area contributed by atoms with Crippen LogP contribution >= 0.6 is 11.8 Å². The summed E-state index contributed by atoms with van der Waals surface area (Å²) in [5.41, 5.74) is 2.63. The summed E-state index contributed by atoms with van der Waals surface area (Å²) < 4.78 is 1.81. The summed E-state index contributed by atoms with van der Waals surface area (Å²) in [7, 11) is 1.89. The fourth-order valence-electron chi connectivity index (χ4n) is 3.03. The molecule has 0 aliphatic carbocycles. The molecule has 0 spiro atoms. The van der Waals surface area contributed by atoms with Crippen LogP contribution < -0.4 is 4.90 Å². The first-order valence-corrected chi connectivity index (χ1v) is 8.64. The number of fused-ring (bicyclic) bond motifs is 1. The fraction of sp³-hybridized carbons (Fsp3) is 0.571. The Kier molecular flexibility index (Phi) is 4.05. The summed E-state index contributed by atoms with van der Waals surface area (Å²) in [6, 6.07) is 0.0443. The van der Waals surface area contributed by atoms with Crippen LogP contribution in [0.1, 0.15) is 12.6 Å². The van der Waals surface area contributed by atoms with Crippen LogP contribution in [0.25, 0.3) is 11.0 Å². The molecular formula is C14H20N6O2S. The van der Waals surface area contributed by atoms with Gasteiger partial charge in [0.25, 0.3) is 0 Å². The minimum Gasteiger partial charge on any atom is -0.465 e. The van der Waals surface area contributed by atoms with Crippen molar-refractivity contribution in [1.29, 1.82) is 0 Å². The Hall–Kier alpha value is -2.03. The average molecular weight is 336 g/mol. The molecule has 9 heteroatoms. The van der Waals surface area contributed by atoms with Gasteiger partial charge < -0.3 is 14.9 Å². The number of anilines is 1. The molecule has 0 saturated carbocycles. The summed E-state index contributed by atoms with van der Waals surface area (Å²) in [6.07, 6.45) is 1.08. The standard InChI is InChI=1S/C14H20N6O2S/c1-8-7-19(14(21)22)5-6-20(8)12-11-10(9(2)17-18(11)3)15-13(16-12)23-4/h8H,5-7H2,1-4H3,(H,21,22)/t8-/m0/s1. The van der Waals surface area contributed by atoms with E-state index in [4.69, 9.17) is 0 Å². The smallest absolute Gasteiger partial charge is 0.407 e. The van der Waals surface area contributed by atoms with E-state index in [2.05, 4.69) is 20.0 Å². The molecule has 0 bridgehead atoms. The van der Waals surface area contributed by atoms with Crippen LogP contribution in [0.5, 0.6) is 0 Å². The second kappa shape index (κ2) is 5.88. The minimum atomic E-state index is -0.870. The molecule has 0 aromatic carbocycles. The first kappa shape index (κ1) is 15.9. The Morgan fingerprint density at radius 3 is 2.70 bits per heavy atom. The highest BCUT2D eigenvalue weighted by molar-refractivity contribution is 7.98. The number of rotatable bonds is 2. The van der Waals surface area contributed by atoms with Gasteiger partial charge in [0.2, 0.25) is 0 Å². The van der Waals surface area contributed by atoms with E-state index in [1.54, 1.807) is 4.68 Å². The van der Waals surface area contributed by atoms with E-state index < -0.39 is 6.09 Å². The lowest BCUT2D eigenvalue weighted by atomic mass is 10.2. The minimum absolute atomic E-state index is 0.0443. The van der Waals surface area contributed by atoms with Gasteiger partial charge in [0.1, 0.15) is 11.0 Å². The van der Waals surface area contributed by atoms with Gasteiger partial charge in [-0.15, -0.1) is 0 Å². The van der Waals surface area contributed by atoms with E-state index in [-0.39, 0.29) is 6.04 Å². The average Bonchev–Trinajstić information content (AvgIpc) is 2.81. The zero-order valence-corrected chi connectivity index (χ0v) is 14.5. The molecule has 0 unspecified atom stereocenters. The van der Waals surface area contributed by atoms with Crippen molar-refractivity contribution in [3.8, 4) is 0 Å². The van der Waals surface area contributed by atoms with E-state index in [1.165, 1.54) is 16.7 Å². The Morgan fingerprint density at radius 2 is 2.09 bits per heavy atom. The SMILES string of the molecule is CSc1nc(N2CCN(C(=O)O)C[C@@H]2C)c2c(n1)c(C)nn2C. The van der Waals surface area contributed by atoms with Gasteiger partial charge >= 0.3 is 6.09 Å². The largest absolute Gasteiger partial charge is 0.465 e. The highest BCUT2D eigenvalue weighted by Gasteiger charge is 2.30. The number of thioether (sulfide) groups is 1. The molecule has 1 aliphatic heterocycles. The van der Waals surface area contributed by atoms with Gasteiger partial charge in [-0.25, -0.2) is 14.8 Å². The van der Waals surface area contributed by atoms with Crippen LogP contribution in [0, 0.1) is 6.92 Å². The summed E-state index contributed by atoms with van der Waals surface area (Å²) in [5.74, 6) is 0.833. The number of amides is 1. The lowest BCUT2D eigenvalue weighted by molar-refractivity contribution is 0.136. The highest BCUT2D eigenvalue weighted by atomic mass is 32.2. The number of nitrogens with zero attached hydrogens (tertiary/aromatic N) is 6. The monoisotopic (exact) mass is 336 g/mol.